The summed E-state index contributed by atoms with van der Waals surface area (Å²) in [4.78, 5) is 10.3. The van der Waals surface area contributed by atoms with Gasteiger partial charge in [-0.2, -0.15) is 5.10 Å². The van der Waals surface area contributed by atoms with Crippen LogP contribution >= 0.6 is 11.6 Å². The molecule has 0 fully saturated rings. The Labute approximate surface area is 87.5 Å². The average molecular weight is 217 g/mol. The third-order valence-electron chi connectivity index (χ3n) is 2.01. The molecule has 0 amide bonds. The minimum atomic E-state index is -1.01. The van der Waals surface area contributed by atoms with Gasteiger partial charge in [-0.15, -0.1) is 0 Å². The maximum absolute atomic E-state index is 10.3. The molecule has 0 bridgehead atoms. The second-order valence-corrected chi connectivity index (χ2v) is 3.45. The molecule has 0 spiro atoms. The van der Waals surface area contributed by atoms with Gasteiger partial charge in [0.1, 0.15) is 12.4 Å². The average Bonchev–Trinajstić information content (AvgIpc) is 2.45. The Morgan fingerprint density at radius 2 is 2.36 bits per heavy atom. The van der Waals surface area contributed by atoms with E-state index in [4.69, 9.17) is 11.6 Å². The minimum Gasteiger partial charge on any atom is -0.385 e. The standard InChI is InChI=1S/C9H13ClN2O2/c1-3-12-8(4-7(14)5-13)9(10)6(2)11-12/h5,7,14H,3-4H2,1-2H3. The van der Waals surface area contributed by atoms with Crippen LogP contribution in [0.4, 0.5) is 0 Å². The Morgan fingerprint density at radius 3 is 2.86 bits per heavy atom. The molecule has 1 rings (SSSR count). The monoisotopic (exact) mass is 216 g/mol. The predicted molar refractivity (Wildman–Crippen MR) is 53.4 cm³/mol. The summed E-state index contributed by atoms with van der Waals surface area (Å²) in [6.45, 7) is 4.40. The van der Waals surface area contributed by atoms with Crippen molar-refractivity contribution >= 4 is 17.9 Å². The van der Waals surface area contributed by atoms with Crippen molar-refractivity contribution in [1.82, 2.24) is 9.78 Å². The number of aldehydes is 1. The van der Waals surface area contributed by atoms with Crippen molar-refractivity contribution < 1.29 is 9.90 Å². The maximum atomic E-state index is 10.3. The summed E-state index contributed by atoms with van der Waals surface area (Å²) in [6, 6.07) is 0. The number of rotatable bonds is 4. The van der Waals surface area contributed by atoms with Gasteiger partial charge >= 0.3 is 0 Å². The highest BCUT2D eigenvalue weighted by molar-refractivity contribution is 6.31. The molecule has 0 saturated carbocycles. The summed E-state index contributed by atoms with van der Waals surface area (Å²) in [5, 5.41) is 13.9. The lowest BCUT2D eigenvalue weighted by Gasteiger charge is -2.06. The number of aliphatic hydroxyl groups is 1. The van der Waals surface area contributed by atoms with Crippen molar-refractivity contribution in [2.45, 2.75) is 32.9 Å². The molecule has 1 aromatic heterocycles. The number of nitrogens with zero attached hydrogens (tertiary/aromatic N) is 2. The Bertz CT molecular complexity index is 336. The fourth-order valence-electron chi connectivity index (χ4n) is 1.31. The zero-order valence-corrected chi connectivity index (χ0v) is 8.95. The zero-order chi connectivity index (χ0) is 10.7. The molecule has 4 nitrogen and oxygen atoms in total. The number of carbonyl (C=O) groups excluding carboxylic acids is 1. The Balaban J connectivity index is 2.98. The summed E-state index contributed by atoms with van der Waals surface area (Å²) in [6.07, 6.45) is -0.288. The highest BCUT2D eigenvalue weighted by atomic mass is 35.5. The van der Waals surface area contributed by atoms with E-state index in [9.17, 15) is 9.90 Å². The van der Waals surface area contributed by atoms with Crippen LogP contribution in [0.2, 0.25) is 5.02 Å². The van der Waals surface area contributed by atoms with Gasteiger partial charge in [0.05, 0.1) is 16.4 Å². The van der Waals surface area contributed by atoms with Gasteiger partial charge in [-0.1, -0.05) is 11.6 Å². The SMILES string of the molecule is CCn1nc(C)c(Cl)c1CC(O)C=O. The van der Waals surface area contributed by atoms with Gasteiger partial charge in [-0.05, 0) is 13.8 Å². The van der Waals surface area contributed by atoms with Crippen LogP contribution < -0.4 is 0 Å². The fourth-order valence-corrected chi connectivity index (χ4v) is 1.52. The molecule has 0 aromatic carbocycles. The fraction of sp³-hybridized carbons (Fsp3) is 0.556. The number of aromatic nitrogens is 2. The molecule has 1 aromatic rings. The molecule has 0 aliphatic heterocycles. The van der Waals surface area contributed by atoms with Crippen molar-refractivity contribution in [2.24, 2.45) is 0 Å². The first-order valence-electron chi connectivity index (χ1n) is 4.45. The lowest BCUT2D eigenvalue weighted by Crippen LogP contribution is -2.15. The van der Waals surface area contributed by atoms with Crippen LogP contribution in [0.15, 0.2) is 0 Å². The number of hydrogen-bond donors (Lipinski definition) is 1. The highest BCUT2D eigenvalue weighted by Gasteiger charge is 2.15. The van der Waals surface area contributed by atoms with Crippen LogP contribution in [0.5, 0.6) is 0 Å². The normalized spacial score (nSPS) is 12.9. The van der Waals surface area contributed by atoms with Crippen LogP contribution in [0.1, 0.15) is 18.3 Å². The van der Waals surface area contributed by atoms with E-state index in [0.29, 0.717) is 23.5 Å². The third-order valence-corrected chi connectivity index (χ3v) is 2.50. The number of aliphatic hydroxyl groups excluding tert-OH is 1. The molecule has 1 heterocycles. The smallest absolute Gasteiger partial charge is 0.148 e. The second kappa shape index (κ2) is 4.57. The topological polar surface area (TPSA) is 55.1 Å². The summed E-state index contributed by atoms with van der Waals surface area (Å²) in [5.41, 5.74) is 1.44. The highest BCUT2D eigenvalue weighted by Crippen LogP contribution is 2.21. The Morgan fingerprint density at radius 1 is 1.71 bits per heavy atom. The summed E-state index contributed by atoms with van der Waals surface area (Å²) < 4.78 is 1.70. The van der Waals surface area contributed by atoms with Crippen LogP contribution in [-0.4, -0.2) is 27.3 Å². The molecule has 1 N–H and O–H groups in total. The first kappa shape index (κ1) is 11.2. The summed E-state index contributed by atoms with van der Waals surface area (Å²) in [5.74, 6) is 0. The molecule has 5 heteroatoms. The van der Waals surface area contributed by atoms with E-state index in [1.165, 1.54) is 0 Å². The largest absolute Gasteiger partial charge is 0.385 e. The van der Waals surface area contributed by atoms with E-state index >= 15 is 0 Å². The lowest BCUT2D eigenvalue weighted by molar-refractivity contribution is -0.114. The minimum absolute atomic E-state index is 0.219. The molecule has 1 unspecified atom stereocenters. The van der Waals surface area contributed by atoms with Crippen molar-refractivity contribution in [3.05, 3.63) is 16.4 Å². The quantitative estimate of drug-likeness (QED) is 0.763. The van der Waals surface area contributed by atoms with Crippen LogP contribution in [0, 0.1) is 6.92 Å². The van der Waals surface area contributed by atoms with E-state index in [1.54, 1.807) is 11.6 Å². The molecular weight excluding hydrogens is 204 g/mol. The van der Waals surface area contributed by atoms with Crippen LogP contribution in [0.3, 0.4) is 0 Å². The van der Waals surface area contributed by atoms with Crippen LogP contribution in [0.25, 0.3) is 0 Å². The van der Waals surface area contributed by atoms with E-state index in [1.807, 2.05) is 6.92 Å². The number of carbonyl (C=O) groups is 1. The van der Waals surface area contributed by atoms with Crippen LogP contribution in [-0.2, 0) is 17.8 Å². The first-order valence-corrected chi connectivity index (χ1v) is 4.83. The Hall–Kier alpha value is -0.870. The second-order valence-electron chi connectivity index (χ2n) is 3.07. The van der Waals surface area contributed by atoms with E-state index < -0.39 is 6.10 Å². The molecule has 0 saturated heterocycles. The summed E-state index contributed by atoms with van der Waals surface area (Å²) >= 11 is 5.98. The van der Waals surface area contributed by atoms with Crippen molar-refractivity contribution in [3.8, 4) is 0 Å². The number of halogens is 1. The predicted octanol–water partition coefficient (Wildman–Crippen LogP) is 0.967. The summed E-state index contributed by atoms with van der Waals surface area (Å²) in [7, 11) is 0. The molecule has 14 heavy (non-hydrogen) atoms. The van der Waals surface area contributed by atoms with Crippen molar-refractivity contribution in [3.63, 3.8) is 0 Å². The van der Waals surface area contributed by atoms with E-state index in [0.717, 1.165) is 5.69 Å². The maximum Gasteiger partial charge on any atom is 0.148 e. The van der Waals surface area contributed by atoms with Gasteiger partial charge in [-0.25, -0.2) is 0 Å². The molecule has 78 valence electrons. The lowest BCUT2D eigenvalue weighted by atomic mass is 10.2. The third kappa shape index (κ3) is 2.13. The first-order chi connectivity index (χ1) is 6.60. The molecule has 0 radical (unpaired) electrons. The van der Waals surface area contributed by atoms with Crippen molar-refractivity contribution in [2.75, 3.05) is 0 Å². The van der Waals surface area contributed by atoms with E-state index in [-0.39, 0.29) is 6.42 Å². The van der Waals surface area contributed by atoms with Gasteiger partial charge in [-0.3, -0.25) is 4.68 Å². The van der Waals surface area contributed by atoms with Gasteiger partial charge in [0.25, 0.3) is 0 Å². The van der Waals surface area contributed by atoms with Crippen molar-refractivity contribution in [1.29, 1.82) is 0 Å². The molecule has 0 aliphatic rings. The molecular formula is C9H13ClN2O2. The molecule has 1 atom stereocenters. The van der Waals surface area contributed by atoms with E-state index in [2.05, 4.69) is 5.10 Å². The zero-order valence-electron chi connectivity index (χ0n) is 8.20. The van der Waals surface area contributed by atoms with Gasteiger partial charge < -0.3 is 9.90 Å². The van der Waals surface area contributed by atoms with Gasteiger partial charge in [0, 0.05) is 13.0 Å². The van der Waals surface area contributed by atoms with Gasteiger partial charge in [0.15, 0.2) is 0 Å². The Kier molecular flexibility index (Phi) is 3.66. The number of hydrogen-bond acceptors (Lipinski definition) is 3. The number of aryl methyl sites for hydroxylation is 2. The molecule has 0 aliphatic carbocycles. The van der Waals surface area contributed by atoms with Gasteiger partial charge in [0.2, 0.25) is 0 Å².